The van der Waals surface area contributed by atoms with Gasteiger partial charge < -0.3 is 10.1 Å². The molecule has 0 bridgehead atoms. The number of hydrogen-bond donors (Lipinski definition) is 1. The van der Waals surface area contributed by atoms with E-state index in [2.05, 4.69) is 17.4 Å². The summed E-state index contributed by atoms with van der Waals surface area (Å²) in [6, 6.07) is 20.5. The number of carbonyl (C=O) groups excluding carboxylic acids is 1. The maximum absolute atomic E-state index is 13.9. The average molecular weight is 495 g/mol. The van der Waals surface area contributed by atoms with Crippen LogP contribution in [0.3, 0.4) is 0 Å². The molecule has 0 aliphatic carbocycles. The molecule has 1 atom stereocenters. The van der Waals surface area contributed by atoms with Crippen molar-refractivity contribution in [2.75, 3.05) is 18.0 Å². The van der Waals surface area contributed by atoms with Gasteiger partial charge in [-0.3, -0.25) is 9.10 Å². The molecule has 0 radical (unpaired) electrons. The number of ether oxygens (including phenoxy) is 1. The molecule has 0 unspecified atom stereocenters. The number of rotatable bonds is 10. The number of carbonyl (C=O) groups is 1. The Morgan fingerprint density at radius 2 is 1.60 bits per heavy atom. The Hall–Kier alpha value is -3.32. The number of nitrogens with zero attached hydrogens (tertiary/aromatic N) is 1. The molecule has 35 heavy (non-hydrogen) atoms. The van der Waals surface area contributed by atoms with Crippen molar-refractivity contribution in [2.45, 2.75) is 51.5 Å². The minimum atomic E-state index is -4.09. The maximum Gasteiger partial charge on any atom is 0.268 e. The highest BCUT2D eigenvalue weighted by molar-refractivity contribution is 7.93. The number of benzene rings is 3. The topological polar surface area (TPSA) is 75.7 Å². The predicted octanol–water partition coefficient (Wildman–Crippen LogP) is 4.95. The van der Waals surface area contributed by atoms with Gasteiger partial charge in [-0.25, -0.2) is 8.42 Å². The lowest BCUT2D eigenvalue weighted by Crippen LogP contribution is -2.43. The van der Waals surface area contributed by atoms with Crippen molar-refractivity contribution >= 4 is 21.6 Å². The second-order valence-electron chi connectivity index (χ2n) is 9.00. The minimum absolute atomic E-state index is 0.0316. The van der Waals surface area contributed by atoms with Gasteiger partial charge in [0.1, 0.15) is 17.2 Å². The Morgan fingerprint density at radius 3 is 2.23 bits per heavy atom. The lowest BCUT2D eigenvalue weighted by molar-refractivity contribution is -0.120. The Kier molecular flexibility index (Phi) is 8.57. The number of nitrogens with one attached hydrogen (secondary N) is 1. The molecular formula is C28H34N2O4S. The van der Waals surface area contributed by atoms with E-state index >= 15 is 0 Å². The molecule has 0 aliphatic heterocycles. The van der Waals surface area contributed by atoms with Crippen molar-refractivity contribution in [3.8, 4) is 5.75 Å². The second-order valence-corrected chi connectivity index (χ2v) is 10.8. The van der Waals surface area contributed by atoms with Crippen LogP contribution in [0.5, 0.6) is 5.75 Å². The molecule has 0 saturated heterocycles. The molecule has 6 nitrogen and oxygen atoms in total. The lowest BCUT2D eigenvalue weighted by Gasteiger charge is -2.26. The first kappa shape index (κ1) is 26.3. The molecule has 0 saturated carbocycles. The molecule has 7 heteroatoms. The van der Waals surface area contributed by atoms with E-state index < -0.39 is 10.0 Å². The van der Waals surface area contributed by atoms with E-state index in [1.54, 1.807) is 30.3 Å². The molecule has 1 N–H and O–H groups in total. The Labute approximate surface area is 209 Å². The number of methoxy groups -OCH3 is 1. The number of sulfonamides is 1. The van der Waals surface area contributed by atoms with E-state index in [1.165, 1.54) is 17.0 Å². The van der Waals surface area contributed by atoms with Crippen LogP contribution in [-0.2, 0) is 21.2 Å². The highest BCUT2D eigenvalue weighted by Crippen LogP contribution is 2.31. The van der Waals surface area contributed by atoms with Gasteiger partial charge in [-0.15, -0.1) is 0 Å². The van der Waals surface area contributed by atoms with Crippen molar-refractivity contribution < 1.29 is 17.9 Å². The summed E-state index contributed by atoms with van der Waals surface area (Å²) < 4.78 is 34.3. The van der Waals surface area contributed by atoms with Gasteiger partial charge in [-0.2, -0.15) is 0 Å². The van der Waals surface area contributed by atoms with Crippen LogP contribution in [0.1, 0.15) is 35.6 Å². The summed E-state index contributed by atoms with van der Waals surface area (Å²) in [5, 5.41) is 2.97. The fraction of sp³-hybridized carbons (Fsp3) is 0.321. The van der Waals surface area contributed by atoms with Crippen LogP contribution < -0.4 is 14.4 Å². The quantitative estimate of drug-likeness (QED) is 0.433. The Bertz CT molecular complexity index is 1250. The number of aryl methyl sites for hydroxylation is 4. The van der Waals surface area contributed by atoms with E-state index in [4.69, 9.17) is 4.74 Å². The highest BCUT2D eigenvalue weighted by Gasteiger charge is 2.30. The number of anilines is 1. The van der Waals surface area contributed by atoms with Gasteiger partial charge in [0.05, 0.1) is 12.8 Å². The molecule has 3 aromatic rings. The summed E-state index contributed by atoms with van der Waals surface area (Å²) in [5.74, 6) is -0.124. The molecule has 0 aliphatic rings. The van der Waals surface area contributed by atoms with Gasteiger partial charge in [-0.05, 0) is 87.1 Å². The van der Waals surface area contributed by atoms with Gasteiger partial charge in [0.25, 0.3) is 10.0 Å². The van der Waals surface area contributed by atoms with Crippen LogP contribution >= 0.6 is 0 Å². The van der Waals surface area contributed by atoms with Crippen LogP contribution in [0.25, 0.3) is 0 Å². The molecular weight excluding hydrogens is 460 g/mol. The lowest BCUT2D eigenvalue weighted by atomic mass is 10.1. The van der Waals surface area contributed by atoms with Crippen LogP contribution in [0, 0.1) is 20.8 Å². The molecule has 3 rings (SSSR count). The predicted molar refractivity (Wildman–Crippen MR) is 141 cm³/mol. The fourth-order valence-corrected chi connectivity index (χ4v) is 5.71. The van der Waals surface area contributed by atoms with Crippen molar-refractivity contribution in [1.82, 2.24) is 5.32 Å². The maximum atomic E-state index is 13.9. The SMILES string of the molecule is COc1ccc(C)cc1S(=O)(=O)N(CC(=O)N[C@H](C)CCc1ccccc1)c1cc(C)cc(C)c1. The third-order valence-electron chi connectivity index (χ3n) is 5.79. The van der Waals surface area contributed by atoms with Gasteiger partial charge in [-0.1, -0.05) is 42.5 Å². The van der Waals surface area contributed by atoms with E-state index in [1.807, 2.05) is 52.0 Å². The summed E-state index contributed by atoms with van der Waals surface area (Å²) in [4.78, 5) is 13.1. The highest BCUT2D eigenvalue weighted by atomic mass is 32.2. The minimum Gasteiger partial charge on any atom is -0.495 e. The number of amides is 1. The van der Waals surface area contributed by atoms with Crippen LogP contribution in [0.4, 0.5) is 5.69 Å². The first-order chi connectivity index (χ1) is 16.6. The summed E-state index contributed by atoms with van der Waals surface area (Å²) in [6.07, 6.45) is 1.57. The standard InChI is InChI=1S/C28H34N2O4S/c1-20-11-14-26(34-5)27(18-20)35(32,33)30(25-16-21(2)15-22(3)17-25)19-28(31)29-23(4)12-13-24-9-7-6-8-10-24/h6-11,14-18,23H,12-13,19H2,1-5H3,(H,29,31)/t23-/m1/s1. The van der Waals surface area contributed by atoms with Crippen LogP contribution in [0.15, 0.2) is 71.6 Å². The molecule has 0 aromatic heterocycles. The Morgan fingerprint density at radius 1 is 0.943 bits per heavy atom. The van der Waals surface area contributed by atoms with Gasteiger partial charge >= 0.3 is 0 Å². The molecule has 0 spiro atoms. The van der Waals surface area contributed by atoms with Gasteiger partial charge in [0.15, 0.2) is 0 Å². The smallest absolute Gasteiger partial charge is 0.268 e. The van der Waals surface area contributed by atoms with Gasteiger partial charge in [0, 0.05) is 6.04 Å². The van der Waals surface area contributed by atoms with Gasteiger partial charge in [0.2, 0.25) is 5.91 Å². The largest absolute Gasteiger partial charge is 0.495 e. The van der Waals surface area contributed by atoms with E-state index in [0.717, 1.165) is 29.5 Å². The average Bonchev–Trinajstić information content (AvgIpc) is 2.81. The zero-order valence-electron chi connectivity index (χ0n) is 21.0. The summed E-state index contributed by atoms with van der Waals surface area (Å²) in [5.41, 5.74) is 4.24. The Balaban J connectivity index is 1.88. The molecule has 3 aromatic carbocycles. The van der Waals surface area contributed by atoms with Crippen molar-refractivity contribution in [2.24, 2.45) is 0 Å². The van der Waals surface area contributed by atoms with Crippen LogP contribution in [-0.4, -0.2) is 34.0 Å². The fourth-order valence-electron chi connectivity index (χ4n) is 4.06. The molecule has 1 amide bonds. The molecule has 0 heterocycles. The zero-order chi connectivity index (χ0) is 25.6. The zero-order valence-corrected chi connectivity index (χ0v) is 21.9. The van der Waals surface area contributed by atoms with Crippen molar-refractivity contribution in [3.63, 3.8) is 0 Å². The van der Waals surface area contributed by atoms with Crippen molar-refractivity contribution in [1.29, 1.82) is 0 Å². The third-order valence-corrected chi connectivity index (χ3v) is 7.58. The third kappa shape index (κ3) is 6.85. The summed E-state index contributed by atoms with van der Waals surface area (Å²) in [7, 11) is -2.66. The first-order valence-electron chi connectivity index (χ1n) is 11.7. The molecule has 0 fully saturated rings. The van der Waals surface area contributed by atoms with E-state index in [-0.39, 0.29) is 29.1 Å². The molecule has 186 valence electrons. The van der Waals surface area contributed by atoms with Crippen LogP contribution in [0.2, 0.25) is 0 Å². The monoisotopic (exact) mass is 494 g/mol. The van der Waals surface area contributed by atoms with E-state index in [0.29, 0.717) is 5.69 Å². The second kappa shape index (κ2) is 11.4. The van der Waals surface area contributed by atoms with Crippen molar-refractivity contribution in [3.05, 3.63) is 89.0 Å². The summed E-state index contributed by atoms with van der Waals surface area (Å²) >= 11 is 0. The first-order valence-corrected chi connectivity index (χ1v) is 13.1. The number of hydrogen-bond acceptors (Lipinski definition) is 4. The summed E-state index contributed by atoms with van der Waals surface area (Å²) in [6.45, 7) is 7.22. The van der Waals surface area contributed by atoms with E-state index in [9.17, 15) is 13.2 Å². The normalized spacial score (nSPS) is 12.1.